The second-order valence-electron chi connectivity index (χ2n) is 4.51. The molecule has 2 aliphatic heterocycles. The SMILES string of the molecule is O=C(O)C1(O)CC2CCCCCN2C1. The summed E-state index contributed by atoms with van der Waals surface area (Å²) in [4.78, 5) is 13.0. The molecule has 2 fully saturated rings. The maximum Gasteiger partial charge on any atom is 0.337 e. The van der Waals surface area contributed by atoms with Crippen molar-refractivity contribution in [3.8, 4) is 0 Å². The molecule has 0 radical (unpaired) electrons. The van der Waals surface area contributed by atoms with E-state index in [9.17, 15) is 9.90 Å². The van der Waals surface area contributed by atoms with Crippen LogP contribution in [0.3, 0.4) is 0 Å². The number of nitrogens with zero attached hydrogens (tertiary/aromatic N) is 1. The Morgan fingerprint density at radius 3 is 2.86 bits per heavy atom. The molecule has 0 spiro atoms. The number of rotatable bonds is 1. The number of aliphatic hydroxyl groups is 1. The predicted molar refractivity (Wildman–Crippen MR) is 51.0 cm³/mol. The first-order valence-electron chi connectivity index (χ1n) is 5.32. The highest BCUT2D eigenvalue weighted by atomic mass is 16.4. The summed E-state index contributed by atoms with van der Waals surface area (Å²) < 4.78 is 0. The molecule has 4 heteroatoms. The molecule has 2 rings (SSSR count). The number of carboxylic acids is 1. The van der Waals surface area contributed by atoms with Crippen LogP contribution in [-0.2, 0) is 4.79 Å². The summed E-state index contributed by atoms with van der Waals surface area (Å²) in [6.45, 7) is 1.26. The van der Waals surface area contributed by atoms with E-state index in [1.807, 2.05) is 0 Å². The molecule has 0 aromatic carbocycles. The van der Waals surface area contributed by atoms with Gasteiger partial charge in [0.25, 0.3) is 0 Å². The molecular weight excluding hydrogens is 182 g/mol. The van der Waals surface area contributed by atoms with Gasteiger partial charge in [-0.15, -0.1) is 0 Å². The average molecular weight is 199 g/mol. The van der Waals surface area contributed by atoms with Gasteiger partial charge in [-0.2, -0.15) is 0 Å². The van der Waals surface area contributed by atoms with E-state index in [-0.39, 0.29) is 0 Å². The molecule has 2 atom stereocenters. The third-order valence-electron chi connectivity index (χ3n) is 3.44. The molecule has 0 saturated carbocycles. The third-order valence-corrected chi connectivity index (χ3v) is 3.44. The Morgan fingerprint density at radius 2 is 2.14 bits per heavy atom. The van der Waals surface area contributed by atoms with E-state index in [4.69, 9.17) is 5.11 Å². The van der Waals surface area contributed by atoms with Gasteiger partial charge in [-0.25, -0.2) is 4.79 Å². The van der Waals surface area contributed by atoms with Crippen molar-refractivity contribution >= 4 is 5.97 Å². The molecule has 80 valence electrons. The van der Waals surface area contributed by atoms with Crippen LogP contribution in [0.5, 0.6) is 0 Å². The summed E-state index contributed by atoms with van der Waals surface area (Å²) in [7, 11) is 0. The standard InChI is InChI=1S/C10H17NO3/c12-9(13)10(14)6-8-4-2-1-3-5-11(8)7-10/h8,14H,1-7H2,(H,12,13). The summed E-state index contributed by atoms with van der Waals surface area (Å²) in [5.41, 5.74) is -1.48. The van der Waals surface area contributed by atoms with Gasteiger partial charge in [0.2, 0.25) is 0 Å². The maximum absolute atomic E-state index is 10.9. The van der Waals surface area contributed by atoms with Gasteiger partial charge in [-0.05, 0) is 19.4 Å². The molecule has 0 bridgehead atoms. The van der Waals surface area contributed by atoms with Crippen LogP contribution in [0.1, 0.15) is 32.1 Å². The van der Waals surface area contributed by atoms with Gasteiger partial charge in [0.1, 0.15) is 0 Å². The van der Waals surface area contributed by atoms with Crippen LogP contribution in [0.25, 0.3) is 0 Å². The normalized spacial score (nSPS) is 39.1. The zero-order valence-corrected chi connectivity index (χ0v) is 8.28. The third kappa shape index (κ3) is 1.64. The van der Waals surface area contributed by atoms with Crippen molar-refractivity contribution in [3.05, 3.63) is 0 Å². The number of aliphatic carboxylic acids is 1. The van der Waals surface area contributed by atoms with Gasteiger partial charge < -0.3 is 10.2 Å². The van der Waals surface area contributed by atoms with Crippen LogP contribution in [-0.4, -0.2) is 45.8 Å². The number of carbonyl (C=O) groups is 1. The predicted octanol–water partition coefficient (Wildman–Crippen LogP) is 0.450. The number of hydrogen-bond acceptors (Lipinski definition) is 3. The quantitative estimate of drug-likeness (QED) is 0.643. The van der Waals surface area contributed by atoms with Crippen LogP contribution in [0.2, 0.25) is 0 Å². The summed E-state index contributed by atoms with van der Waals surface area (Å²) in [5.74, 6) is -1.06. The van der Waals surface area contributed by atoms with Crippen molar-refractivity contribution in [2.75, 3.05) is 13.1 Å². The van der Waals surface area contributed by atoms with Crippen LogP contribution in [0, 0.1) is 0 Å². The smallest absolute Gasteiger partial charge is 0.337 e. The van der Waals surface area contributed by atoms with E-state index in [0.29, 0.717) is 19.0 Å². The summed E-state index contributed by atoms with van der Waals surface area (Å²) in [5, 5.41) is 18.8. The van der Waals surface area contributed by atoms with Crippen molar-refractivity contribution in [1.29, 1.82) is 0 Å². The number of carboxylic acid groups (broad SMARTS) is 1. The second-order valence-corrected chi connectivity index (χ2v) is 4.51. The molecule has 2 aliphatic rings. The zero-order chi connectivity index (χ0) is 10.2. The van der Waals surface area contributed by atoms with Crippen molar-refractivity contribution in [2.24, 2.45) is 0 Å². The highest BCUT2D eigenvalue weighted by molar-refractivity contribution is 5.78. The molecule has 2 N–H and O–H groups in total. The van der Waals surface area contributed by atoms with Crippen LogP contribution >= 0.6 is 0 Å². The lowest BCUT2D eigenvalue weighted by Crippen LogP contribution is -2.41. The lowest BCUT2D eigenvalue weighted by Gasteiger charge is -2.20. The first-order valence-corrected chi connectivity index (χ1v) is 5.32. The molecule has 0 amide bonds. The maximum atomic E-state index is 10.9. The van der Waals surface area contributed by atoms with Gasteiger partial charge in [-0.3, -0.25) is 4.90 Å². The Balaban J connectivity index is 2.08. The Bertz CT molecular complexity index is 228. The van der Waals surface area contributed by atoms with Crippen LogP contribution < -0.4 is 0 Å². The van der Waals surface area contributed by atoms with Gasteiger partial charge in [-0.1, -0.05) is 12.8 Å². The highest BCUT2D eigenvalue weighted by Gasteiger charge is 2.47. The minimum absolute atomic E-state index is 0.290. The Kier molecular flexibility index (Phi) is 2.49. The highest BCUT2D eigenvalue weighted by Crippen LogP contribution is 2.32. The van der Waals surface area contributed by atoms with Gasteiger partial charge >= 0.3 is 5.97 Å². The molecule has 14 heavy (non-hydrogen) atoms. The van der Waals surface area contributed by atoms with Crippen molar-refractivity contribution < 1.29 is 15.0 Å². The van der Waals surface area contributed by atoms with E-state index in [0.717, 1.165) is 25.8 Å². The Morgan fingerprint density at radius 1 is 1.36 bits per heavy atom. The van der Waals surface area contributed by atoms with Crippen LogP contribution in [0.15, 0.2) is 0 Å². The average Bonchev–Trinajstić information content (AvgIpc) is 2.30. The van der Waals surface area contributed by atoms with Gasteiger partial charge in [0.05, 0.1) is 0 Å². The zero-order valence-electron chi connectivity index (χ0n) is 8.28. The largest absolute Gasteiger partial charge is 0.479 e. The van der Waals surface area contributed by atoms with Crippen molar-refractivity contribution in [1.82, 2.24) is 4.90 Å². The first-order chi connectivity index (χ1) is 6.62. The Labute approximate surface area is 83.5 Å². The summed E-state index contributed by atoms with van der Waals surface area (Å²) in [6.07, 6.45) is 4.97. The molecule has 0 aromatic rings. The molecule has 0 aliphatic carbocycles. The van der Waals surface area contributed by atoms with Gasteiger partial charge in [0.15, 0.2) is 5.60 Å². The van der Waals surface area contributed by atoms with Crippen LogP contribution in [0.4, 0.5) is 0 Å². The minimum Gasteiger partial charge on any atom is -0.479 e. The summed E-state index contributed by atoms with van der Waals surface area (Å²) in [6, 6.07) is 0.290. The topological polar surface area (TPSA) is 60.8 Å². The van der Waals surface area contributed by atoms with E-state index in [1.54, 1.807) is 0 Å². The Hall–Kier alpha value is -0.610. The molecular formula is C10H17NO3. The second kappa shape index (κ2) is 3.51. The molecule has 2 unspecified atom stereocenters. The van der Waals surface area contributed by atoms with E-state index in [2.05, 4.69) is 4.90 Å². The number of fused-ring (bicyclic) bond motifs is 1. The van der Waals surface area contributed by atoms with Crippen molar-refractivity contribution in [3.63, 3.8) is 0 Å². The molecule has 0 aromatic heterocycles. The lowest BCUT2D eigenvalue weighted by atomic mass is 9.98. The van der Waals surface area contributed by atoms with E-state index in [1.165, 1.54) is 6.42 Å². The molecule has 2 saturated heterocycles. The lowest BCUT2D eigenvalue weighted by molar-refractivity contribution is -0.157. The molecule has 2 heterocycles. The fourth-order valence-corrected chi connectivity index (χ4v) is 2.62. The number of hydrogen-bond donors (Lipinski definition) is 2. The first kappa shape index (κ1) is 9.93. The fourth-order valence-electron chi connectivity index (χ4n) is 2.62. The molecule has 4 nitrogen and oxygen atoms in total. The van der Waals surface area contributed by atoms with E-state index < -0.39 is 11.6 Å². The van der Waals surface area contributed by atoms with Crippen molar-refractivity contribution in [2.45, 2.75) is 43.7 Å². The fraction of sp³-hybridized carbons (Fsp3) is 0.900. The minimum atomic E-state index is -1.48. The van der Waals surface area contributed by atoms with E-state index >= 15 is 0 Å². The summed E-state index contributed by atoms with van der Waals surface area (Å²) >= 11 is 0. The van der Waals surface area contributed by atoms with Gasteiger partial charge in [0, 0.05) is 19.0 Å². The monoisotopic (exact) mass is 199 g/mol.